The van der Waals surface area contributed by atoms with E-state index < -0.39 is 23.4 Å². The van der Waals surface area contributed by atoms with Crippen LogP contribution in [0.1, 0.15) is 41.9 Å². The van der Waals surface area contributed by atoms with E-state index in [1.807, 2.05) is 13.0 Å². The molecule has 2 aromatic heterocycles. The number of carbonyl (C=O) groups is 1. The van der Waals surface area contributed by atoms with Gasteiger partial charge in [-0.1, -0.05) is 6.07 Å². The van der Waals surface area contributed by atoms with Crippen molar-refractivity contribution in [3.05, 3.63) is 52.9 Å². The number of rotatable bonds is 6. The van der Waals surface area contributed by atoms with E-state index in [0.29, 0.717) is 31.4 Å². The number of carboxylic acid groups (broad SMARTS) is 1. The van der Waals surface area contributed by atoms with E-state index in [9.17, 15) is 23.1 Å². The van der Waals surface area contributed by atoms with Gasteiger partial charge in [0.2, 0.25) is 5.95 Å². The van der Waals surface area contributed by atoms with Gasteiger partial charge in [-0.3, -0.25) is 4.79 Å². The highest BCUT2D eigenvalue weighted by Crippen LogP contribution is 2.45. The predicted molar refractivity (Wildman–Crippen MR) is 121 cm³/mol. The van der Waals surface area contributed by atoms with Gasteiger partial charge in [-0.05, 0) is 61.9 Å². The maximum absolute atomic E-state index is 13.0. The first kappa shape index (κ1) is 24.1. The average molecular weight is 493 g/mol. The fraction of sp³-hybridized carbons (Fsp3) is 0.391. The maximum atomic E-state index is 13.0. The van der Waals surface area contributed by atoms with Gasteiger partial charge >= 0.3 is 12.1 Å². The predicted octanol–water partition coefficient (Wildman–Crippen LogP) is 5.79. The zero-order valence-corrected chi connectivity index (χ0v) is 19.3. The summed E-state index contributed by atoms with van der Waals surface area (Å²) in [5.74, 6) is -1.30. The lowest BCUT2D eigenvalue weighted by atomic mass is 9.79. The third-order valence-corrected chi connectivity index (χ3v) is 7.22. The Morgan fingerprint density at radius 2 is 1.97 bits per heavy atom. The third kappa shape index (κ3) is 5.05. The van der Waals surface area contributed by atoms with Crippen molar-refractivity contribution in [2.45, 2.75) is 44.4 Å². The molecule has 2 heterocycles. The van der Waals surface area contributed by atoms with Gasteiger partial charge in [0.25, 0.3) is 0 Å². The fourth-order valence-electron chi connectivity index (χ4n) is 4.16. The summed E-state index contributed by atoms with van der Waals surface area (Å²) in [5, 5.41) is 12.9. The van der Waals surface area contributed by atoms with Crippen LogP contribution in [0.15, 0.2) is 36.7 Å². The van der Waals surface area contributed by atoms with Crippen LogP contribution in [0.4, 0.5) is 24.8 Å². The van der Waals surface area contributed by atoms with E-state index in [1.165, 1.54) is 11.3 Å². The summed E-state index contributed by atoms with van der Waals surface area (Å²) in [6.07, 6.45) is 0.428. The van der Waals surface area contributed by atoms with E-state index in [1.54, 1.807) is 25.4 Å². The molecule has 11 heteroatoms. The molecule has 0 spiro atoms. The molecule has 1 aliphatic rings. The van der Waals surface area contributed by atoms with Crippen molar-refractivity contribution >= 4 is 28.9 Å². The first-order valence-corrected chi connectivity index (χ1v) is 11.4. The quantitative estimate of drug-likeness (QED) is 0.450. The molecule has 0 radical (unpaired) electrons. The number of hydrogen-bond donors (Lipinski definition) is 2. The van der Waals surface area contributed by atoms with Gasteiger partial charge in [0, 0.05) is 25.2 Å². The number of halogens is 3. The van der Waals surface area contributed by atoms with E-state index in [-0.39, 0.29) is 11.9 Å². The number of aromatic nitrogens is 3. The van der Waals surface area contributed by atoms with Gasteiger partial charge < -0.3 is 15.2 Å². The number of nitrogens with zero attached hydrogens (tertiary/aromatic N) is 3. The lowest BCUT2D eigenvalue weighted by molar-refractivity contribution is -0.146. The highest BCUT2D eigenvalue weighted by molar-refractivity contribution is 7.15. The molecular formula is C23H23F3N4O3S. The molecule has 0 unspecified atom stereocenters. The second kappa shape index (κ2) is 9.30. The molecule has 1 saturated carbocycles. The molecule has 0 bridgehead atoms. The lowest BCUT2D eigenvalue weighted by Crippen LogP contribution is -2.35. The topological polar surface area (TPSA) is 97.2 Å². The number of aliphatic carboxylic acids is 1. The van der Waals surface area contributed by atoms with Gasteiger partial charge in [-0.2, -0.15) is 13.2 Å². The summed E-state index contributed by atoms with van der Waals surface area (Å²) in [6.45, 7) is 1.88. The minimum atomic E-state index is -4.56. The van der Waals surface area contributed by atoms with Crippen molar-refractivity contribution in [2.75, 3.05) is 12.4 Å². The first-order valence-electron chi connectivity index (χ1n) is 10.6. The van der Waals surface area contributed by atoms with Gasteiger partial charge in [-0.15, -0.1) is 11.3 Å². The van der Waals surface area contributed by atoms with Crippen LogP contribution in [-0.4, -0.2) is 33.1 Å². The summed E-state index contributed by atoms with van der Waals surface area (Å²) in [5.41, 5.74) is 0.639. The second-order valence-electron chi connectivity index (χ2n) is 8.32. The van der Waals surface area contributed by atoms with Crippen molar-refractivity contribution in [3.63, 3.8) is 0 Å². The lowest BCUT2D eigenvalue weighted by Gasteiger charge is -2.36. The minimum absolute atomic E-state index is 0.148. The highest BCUT2D eigenvalue weighted by Gasteiger charge is 2.41. The summed E-state index contributed by atoms with van der Waals surface area (Å²) < 4.78 is 44.8. The van der Waals surface area contributed by atoms with Crippen molar-refractivity contribution in [3.8, 4) is 10.4 Å². The van der Waals surface area contributed by atoms with Crippen LogP contribution in [-0.2, 0) is 21.3 Å². The second-order valence-corrected chi connectivity index (χ2v) is 9.35. The normalized spacial score (nSPS) is 20.8. The molecule has 1 aliphatic carbocycles. The van der Waals surface area contributed by atoms with Crippen molar-refractivity contribution < 1.29 is 27.8 Å². The van der Waals surface area contributed by atoms with Gasteiger partial charge in [0.15, 0.2) is 0 Å². The van der Waals surface area contributed by atoms with E-state index in [4.69, 9.17) is 4.74 Å². The van der Waals surface area contributed by atoms with Crippen LogP contribution in [0.2, 0.25) is 0 Å². The number of aryl methyl sites for hydroxylation is 1. The number of anilines is 2. The number of hydrogen-bond acceptors (Lipinski definition) is 7. The molecule has 7 nitrogen and oxygen atoms in total. The van der Waals surface area contributed by atoms with Gasteiger partial charge in [-0.25, -0.2) is 15.0 Å². The number of alkyl halides is 3. The SMILES string of the molecule is CO[C@]1(c2ncc(-c3cc(C)cc(Nc4nccc(C(F)(F)F)n4)c3)s2)CC[C@H](C(=O)O)CC1. The van der Waals surface area contributed by atoms with Crippen molar-refractivity contribution in [1.82, 2.24) is 15.0 Å². The summed E-state index contributed by atoms with van der Waals surface area (Å²) in [4.78, 5) is 24.2. The Morgan fingerprint density at radius 1 is 1.24 bits per heavy atom. The molecule has 0 saturated heterocycles. The molecule has 0 aliphatic heterocycles. The van der Waals surface area contributed by atoms with Crippen molar-refractivity contribution in [2.24, 2.45) is 5.92 Å². The molecule has 1 aromatic carbocycles. The first-order chi connectivity index (χ1) is 16.1. The van der Waals surface area contributed by atoms with Crippen LogP contribution in [0.25, 0.3) is 10.4 Å². The Morgan fingerprint density at radius 3 is 2.62 bits per heavy atom. The monoisotopic (exact) mass is 492 g/mol. The van der Waals surface area contributed by atoms with Crippen LogP contribution in [0.3, 0.4) is 0 Å². The summed E-state index contributed by atoms with van der Waals surface area (Å²) in [7, 11) is 1.62. The van der Waals surface area contributed by atoms with Gasteiger partial charge in [0.1, 0.15) is 16.3 Å². The summed E-state index contributed by atoms with van der Waals surface area (Å²) in [6, 6.07) is 6.37. The van der Waals surface area contributed by atoms with Gasteiger partial charge in [0.05, 0.1) is 10.8 Å². The Bertz CT molecular complexity index is 1190. The molecular weight excluding hydrogens is 469 g/mol. The minimum Gasteiger partial charge on any atom is -0.481 e. The Hall–Kier alpha value is -3.05. The number of carboxylic acids is 1. The number of benzene rings is 1. The molecule has 0 atom stereocenters. The van der Waals surface area contributed by atoms with Crippen LogP contribution in [0, 0.1) is 12.8 Å². The van der Waals surface area contributed by atoms with Crippen LogP contribution >= 0.6 is 11.3 Å². The smallest absolute Gasteiger partial charge is 0.433 e. The number of thiazole rings is 1. The zero-order chi connectivity index (χ0) is 24.5. The van der Waals surface area contributed by atoms with Crippen LogP contribution < -0.4 is 5.32 Å². The fourth-order valence-corrected chi connectivity index (χ4v) is 5.29. The van der Waals surface area contributed by atoms with E-state index >= 15 is 0 Å². The molecule has 180 valence electrons. The number of methoxy groups -OCH3 is 1. The average Bonchev–Trinajstić information content (AvgIpc) is 3.29. The van der Waals surface area contributed by atoms with Crippen LogP contribution in [0.5, 0.6) is 0 Å². The highest BCUT2D eigenvalue weighted by atomic mass is 32.1. The molecule has 34 heavy (non-hydrogen) atoms. The molecule has 0 amide bonds. The van der Waals surface area contributed by atoms with E-state index in [0.717, 1.165) is 33.3 Å². The largest absolute Gasteiger partial charge is 0.481 e. The van der Waals surface area contributed by atoms with E-state index in [2.05, 4.69) is 20.3 Å². The molecule has 1 fully saturated rings. The zero-order valence-electron chi connectivity index (χ0n) is 18.5. The molecule has 3 aromatic rings. The number of nitrogens with one attached hydrogen (secondary N) is 1. The summed E-state index contributed by atoms with van der Waals surface area (Å²) >= 11 is 1.46. The number of ether oxygens (including phenoxy) is 1. The molecule has 2 N–H and O–H groups in total. The Labute approximate surface area is 198 Å². The standard InChI is InChI=1S/C23H23F3N4O3S/c1-13-9-15(11-16(10-13)29-21-27-8-5-18(30-21)23(24,25)26)17-12-28-20(34-17)22(33-2)6-3-14(4-7-22)19(31)32/h5,8-12,14H,3-4,6-7H2,1-2H3,(H,31,32)(H,27,29,30)/t14-,22+. The Balaban J connectivity index is 1.58. The van der Waals surface area contributed by atoms with Crippen molar-refractivity contribution in [1.29, 1.82) is 0 Å². The maximum Gasteiger partial charge on any atom is 0.433 e. The third-order valence-electron chi connectivity index (χ3n) is 5.99. The Kier molecular flexibility index (Phi) is 6.59. The molecule has 4 rings (SSSR count).